The third-order valence-electron chi connectivity index (χ3n) is 5.25. The molecule has 2 amide bonds. The Morgan fingerprint density at radius 1 is 1.16 bits per heavy atom. The molecular formula is C24H31BrN4O7S. The van der Waals surface area contributed by atoms with Gasteiger partial charge in [-0.2, -0.15) is 0 Å². The predicted molar refractivity (Wildman–Crippen MR) is 144 cm³/mol. The number of halogens is 1. The van der Waals surface area contributed by atoms with Gasteiger partial charge in [0, 0.05) is 28.7 Å². The Morgan fingerprint density at radius 2 is 1.76 bits per heavy atom. The zero-order valence-electron chi connectivity index (χ0n) is 21.5. The van der Waals surface area contributed by atoms with Crippen molar-refractivity contribution in [3.8, 4) is 5.75 Å². The number of hydrogen-bond donors (Lipinski definition) is 1. The van der Waals surface area contributed by atoms with E-state index in [9.17, 15) is 28.1 Å². The highest BCUT2D eigenvalue weighted by Crippen LogP contribution is 2.34. The number of anilines is 1. The number of carbonyl (C=O) groups excluding carboxylic acids is 2. The molecule has 2 rings (SSSR count). The molecule has 0 fully saturated rings. The maximum Gasteiger partial charge on any atom is 0.271 e. The van der Waals surface area contributed by atoms with Crippen LogP contribution in [0.2, 0.25) is 0 Å². The van der Waals surface area contributed by atoms with Gasteiger partial charge < -0.3 is 15.0 Å². The van der Waals surface area contributed by atoms with Gasteiger partial charge in [-0.1, -0.05) is 28.1 Å². The molecule has 1 atom stereocenters. The molecule has 1 N–H and O–H groups in total. The minimum atomic E-state index is -4.10. The summed E-state index contributed by atoms with van der Waals surface area (Å²) in [5.74, 6) is -1.07. The molecule has 0 heterocycles. The van der Waals surface area contributed by atoms with Crippen molar-refractivity contribution in [2.24, 2.45) is 0 Å². The lowest BCUT2D eigenvalue weighted by atomic mass is 10.1. The van der Waals surface area contributed by atoms with Crippen LogP contribution in [0.3, 0.4) is 0 Å². The Bertz CT molecular complexity index is 1260. The average molecular weight is 600 g/mol. The van der Waals surface area contributed by atoms with Crippen molar-refractivity contribution in [1.82, 2.24) is 10.2 Å². The largest absolute Gasteiger partial charge is 0.495 e. The minimum absolute atomic E-state index is 0.0223. The van der Waals surface area contributed by atoms with Gasteiger partial charge in [0.25, 0.3) is 5.69 Å². The van der Waals surface area contributed by atoms with E-state index in [1.165, 1.54) is 24.1 Å². The molecule has 0 aliphatic heterocycles. The Morgan fingerprint density at radius 3 is 2.24 bits per heavy atom. The lowest BCUT2D eigenvalue weighted by Gasteiger charge is -2.33. The number of nitro benzene ring substituents is 1. The fourth-order valence-corrected chi connectivity index (χ4v) is 4.53. The summed E-state index contributed by atoms with van der Waals surface area (Å²) in [6.45, 7) is 6.28. The number of ether oxygens (including phenoxy) is 1. The van der Waals surface area contributed by atoms with Gasteiger partial charge >= 0.3 is 0 Å². The second-order valence-electron chi connectivity index (χ2n) is 9.45. The van der Waals surface area contributed by atoms with Crippen LogP contribution >= 0.6 is 15.9 Å². The number of non-ortho nitro benzene ring substituents is 1. The number of sulfonamides is 1. The maximum absolute atomic E-state index is 13.6. The summed E-state index contributed by atoms with van der Waals surface area (Å²) in [7, 11) is -2.81. The molecule has 0 aliphatic carbocycles. The number of nitrogens with zero attached hydrogens (tertiary/aromatic N) is 3. The number of nitro groups is 1. The van der Waals surface area contributed by atoms with Crippen LogP contribution in [0.1, 0.15) is 33.3 Å². The van der Waals surface area contributed by atoms with Gasteiger partial charge in [0.2, 0.25) is 21.8 Å². The lowest BCUT2D eigenvalue weighted by Crippen LogP contribution is -2.54. The van der Waals surface area contributed by atoms with Crippen LogP contribution in [0, 0.1) is 10.1 Å². The fraction of sp³-hybridized carbons (Fsp3) is 0.417. The van der Waals surface area contributed by atoms with Gasteiger partial charge in [-0.25, -0.2) is 8.42 Å². The molecule has 0 bridgehead atoms. The summed E-state index contributed by atoms with van der Waals surface area (Å²) < 4.78 is 32.3. The maximum atomic E-state index is 13.6. The lowest BCUT2D eigenvalue weighted by molar-refractivity contribution is -0.384. The molecular weight excluding hydrogens is 568 g/mol. The first-order valence-corrected chi connectivity index (χ1v) is 13.8. The molecule has 13 heteroatoms. The normalized spacial score (nSPS) is 12.4. The van der Waals surface area contributed by atoms with E-state index in [4.69, 9.17) is 4.74 Å². The van der Waals surface area contributed by atoms with Crippen LogP contribution in [-0.2, 0) is 26.2 Å². The van der Waals surface area contributed by atoms with E-state index in [-0.39, 0.29) is 23.7 Å². The van der Waals surface area contributed by atoms with Gasteiger partial charge in [-0.15, -0.1) is 0 Å². The number of methoxy groups -OCH3 is 1. The number of benzene rings is 2. The summed E-state index contributed by atoms with van der Waals surface area (Å²) >= 11 is 3.36. The molecule has 0 radical (unpaired) electrons. The molecule has 0 aliphatic rings. The first-order chi connectivity index (χ1) is 17.0. The molecule has 202 valence electrons. The van der Waals surface area contributed by atoms with E-state index >= 15 is 0 Å². The quantitative estimate of drug-likeness (QED) is 0.326. The first-order valence-electron chi connectivity index (χ1n) is 11.2. The Hall–Kier alpha value is -3.19. The summed E-state index contributed by atoms with van der Waals surface area (Å²) in [6, 6.07) is 9.63. The second-order valence-corrected chi connectivity index (χ2v) is 12.3. The number of nitrogens with one attached hydrogen (secondary N) is 1. The van der Waals surface area contributed by atoms with Crippen molar-refractivity contribution < 1.29 is 27.7 Å². The third kappa shape index (κ3) is 8.42. The SMILES string of the molecule is COc1ccc([N+](=O)[O-])cc1N(CC(=O)N(Cc1ccc(Br)cc1)[C@@H](C)C(=O)NC(C)(C)C)S(C)(=O)=O. The topological polar surface area (TPSA) is 139 Å². The summed E-state index contributed by atoms with van der Waals surface area (Å²) in [6.07, 6.45) is 0.882. The van der Waals surface area contributed by atoms with Crippen molar-refractivity contribution in [1.29, 1.82) is 0 Å². The molecule has 11 nitrogen and oxygen atoms in total. The predicted octanol–water partition coefficient (Wildman–Crippen LogP) is 3.46. The van der Waals surface area contributed by atoms with Crippen molar-refractivity contribution in [3.63, 3.8) is 0 Å². The van der Waals surface area contributed by atoms with Crippen LogP contribution < -0.4 is 14.4 Å². The first kappa shape index (κ1) is 30.0. The molecule has 0 saturated carbocycles. The van der Waals surface area contributed by atoms with Crippen LogP contribution in [-0.4, -0.2) is 61.5 Å². The van der Waals surface area contributed by atoms with Crippen LogP contribution in [0.15, 0.2) is 46.9 Å². The van der Waals surface area contributed by atoms with E-state index in [0.29, 0.717) is 5.56 Å². The number of carbonyl (C=O) groups is 2. The molecule has 0 unspecified atom stereocenters. The van der Waals surface area contributed by atoms with Gasteiger partial charge in [0.1, 0.15) is 24.0 Å². The smallest absolute Gasteiger partial charge is 0.271 e. The standard InChI is InChI=1S/C24H31BrN4O7S/c1-16(23(31)26-24(2,3)4)27(14-17-7-9-18(25)10-8-17)22(30)15-28(37(6,34)35)20-13-19(29(32)33)11-12-21(20)36-5/h7-13,16H,14-15H2,1-6H3,(H,26,31)/t16-/m0/s1. The molecule has 2 aromatic rings. The van der Waals surface area contributed by atoms with Gasteiger partial charge in [0.15, 0.2) is 0 Å². The zero-order valence-corrected chi connectivity index (χ0v) is 23.9. The molecule has 0 aromatic heterocycles. The van der Waals surface area contributed by atoms with Crippen molar-refractivity contribution in [2.45, 2.75) is 45.8 Å². The third-order valence-corrected chi connectivity index (χ3v) is 6.91. The Balaban J connectivity index is 2.52. The van der Waals surface area contributed by atoms with Gasteiger partial charge in [-0.3, -0.25) is 24.0 Å². The molecule has 0 saturated heterocycles. The van der Waals surface area contributed by atoms with Crippen molar-refractivity contribution >= 4 is 49.1 Å². The zero-order chi connectivity index (χ0) is 28.1. The number of amides is 2. The van der Waals surface area contributed by atoms with Crippen molar-refractivity contribution in [2.75, 3.05) is 24.2 Å². The summed E-state index contributed by atoms with van der Waals surface area (Å²) in [5.41, 5.74) is -0.387. The highest BCUT2D eigenvalue weighted by Gasteiger charge is 2.32. The Labute approximate surface area is 225 Å². The molecule has 37 heavy (non-hydrogen) atoms. The minimum Gasteiger partial charge on any atom is -0.495 e. The molecule has 2 aromatic carbocycles. The molecule has 0 spiro atoms. The van der Waals surface area contributed by atoms with Crippen LogP contribution in [0.5, 0.6) is 5.75 Å². The summed E-state index contributed by atoms with van der Waals surface area (Å²) in [5, 5.41) is 14.2. The monoisotopic (exact) mass is 598 g/mol. The van der Waals surface area contributed by atoms with E-state index in [2.05, 4.69) is 21.2 Å². The van der Waals surface area contributed by atoms with E-state index in [0.717, 1.165) is 21.1 Å². The highest BCUT2D eigenvalue weighted by molar-refractivity contribution is 9.10. The van der Waals surface area contributed by atoms with Crippen LogP contribution in [0.25, 0.3) is 0 Å². The summed E-state index contributed by atoms with van der Waals surface area (Å²) in [4.78, 5) is 38.5. The van der Waals surface area contributed by atoms with Gasteiger partial charge in [-0.05, 0) is 51.5 Å². The fourth-order valence-electron chi connectivity index (χ4n) is 3.42. The number of hydrogen-bond acceptors (Lipinski definition) is 7. The van der Waals surface area contributed by atoms with E-state index < -0.39 is 44.9 Å². The number of rotatable bonds is 10. The van der Waals surface area contributed by atoms with E-state index in [1.54, 1.807) is 52.0 Å². The van der Waals surface area contributed by atoms with Crippen LogP contribution in [0.4, 0.5) is 11.4 Å². The second kappa shape index (κ2) is 11.9. The van der Waals surface area contributed by atoms with Gasteiger partial charge in [0.05, 0.1) is 18.3 Å². The van der Waals surface area contributed by atoms with Crippen molar-refractivity contribution in [3.05, 3.63) is 62.6 Å². The van der Waals surface area contributed by atoms with E-state index in [1.807, 2.05) is 0 Å². The Kier molecular flexibility index (Phi) is 9.66. The highest BCUT2D eigenvalue weighted by atomic mass is 79.9. The average Bonchev–Trinajstić information content (AvgIpc) is 2.79.